The molecule has 0 bridgehead atoms. The van der Waals surface area contributed by atoms with Gasteiger partial charge in [-0.05, 0) is 37.7 Å². The Balaban J connectivity index is 1.96. The third-order valence-electron chi connectivity index (χ3n) is 2.85. The zero-order chi connectivity index (χ0) is 10.4. The summed E-state index contributed by atoms with van der Waals surface area (Å²) in [5, 5.41) is 3.65. The van der Waals surface area contributed by atoms with Crippen LogP contribution in [0, 0.1) is 0 Å². The fourth-order valence-electron chi connectivity index (χ4n) is 1.78. The van der Waals surface area contributed by atoms with Gasteiger partial charge in [0, 0.05) is 19.2 Å². The molecule has 84 valence electrons. The summed E-state index contributed by atoms with van der Waals surface area (Å²) in [5.74, 6) is 2.52. The number of nitrogens with one attached hydrogen (secondary N) is 1. The molecule has 3 heteroatoms. The highest BCUT2D eigenvalue weighted by Gasteiger charge is 2.29. The zero-order valence-corrected chi connectivity index (χ0v) is 10.4. The molecule has 1 atom stereocenters. The fourth-order valence-corrected chi connectivity index (χ4v) is 2.59. The summed E-state index contributed by atoms with van der Waals surface area (Å²) in [6.45, 7) is 4.51. The Labute approximate surface area is 92.2 Å². The first-order valence-electron chi connectivity index (χ1n) is 5.62. The van der Waals surface area contributed by atoms with Crippen LogP contribution in [0.15, 0.2) is 0 Å². The number of methoxy groups -OCH3 is 1. The molecule has 0 saturated heterocycles. The van der Waals surface area contributed by atoms with E-state index in [2.05, 4.69) is 19.2 Å². The van der Waals surface area contributed by atoms with Crippen LogP contribution in [-0.4, -0.2) is 36.8 Å². The van der Waals surface area contributed by atoms with E-state index in [0.29, 0.717) is 18.2 Å². The van der Waals surface area contributed by atoms with Gasteiger partial charge in [0.1, 0.15) is 0 Å². The molecule has 0 heterocycles. The van der Waals surface area contributed by atoms with Crippen LogP contribution in [0.3, 0.4) is 0 Å². The maximum atomic E-state index is 5.25. The van der Waals surface area contributed by atoms with E-state index in [4.69, 9.17) is 4.74 Å². The predicted octanol–water partition coefficient (Wildman–Crippen LogP) is 2.29. The second kappa shape index (κ2) is 6.70. The van der Waals surface area contributed by atoms with E-state index >= 15 is 0 Å². The lowest BCUT2D eigenvalue weighted by Crippen LogP contribution is -2.48. The van der Waals surface area contributed by atoms with Crippen LogP contribution < -0.4 is 5.32 Å². The Morgan fingerprint density at radius 1 is 1.50 bits per heavy atom. The molecule has 0 aliphatic heterocycles. The summed E-state index contributed by atoms with van der Waals surface area (Å²) in [5.41, 5.74) is 0. The van der Waals surface area contributed by atoms with E-state index in [1.807, 2.05) is 18.9 Å². The van der Waals surface area contributed by atoms with Crippen molar-refractivity contribution in [2.45, 2.75) is 51.3 Å². The van der Waals surface area contributed by atoms with Gasteiger partial charge in [-0.25, -0.2) is 0 Å². The molecule has 1 aliphatic rings. The summed E-state index contributed by atoms with van der Waals surface area (Å²) in [6.07, 6.45) is 4.20. The smallest absolute Gasteiger partial charge is 0.0601 e. The first-order valence-corrected chi connectivity index (χ1v) is 6.78. The standard InChI is InChI=1S/C11H23NOS/c1-4-14-6-5-9(2)12-10-7-11(8-10)13-3/h9-12H,4-8H2,1-3H3. The maximum Gasteiger partial charge on any atom is 0.0601 e. The highest BCUT2D eigenvalue weighted by molar-refractivity contribution is 7.99. The van der Waals surface area contributed by atoms with Crippen molar-refractivity contribution in [2.24, 2.45) is 0 Å². The van der Waals surface area contributed by atoms with Crippen LogP contribution in [0.2, 0.25) is 0 Å². The largest absolute Gasteiger partial charge is 0.381 e. The molecule has 2 nitrogen and oxygen atoms in total. The second-order valence-corrected chi connectivity index (χ2v) is 5.47. The van der Waals surface area contributed by atoms with Crippen molar-refractivity contribution in [3.05, 3.63) is 0 Å². The Kier molecular flexibility index (Phi) is 5.90. The molecule has 1 aliphatic carbocycles. The summed E-state index contributed by atoms with van der Waals surface area (Å²) in [6, 6.07) is 1.37. The average Bonchev–Trinajstić information content (AvgIpc) is 2.11. The Morgan fingerprint density at radius 3 is 2.79 bits per heavy atom. The SMILES string of the molecule is CCSCCC(C)NC1CC(OC)C1. The first-order chi connectivity index (χ1) is 6.76. The van der Waals surface area contributed by atoms with E-state index in [1.165, 1.54) is 30.8 Å². The van der Waals surface area contributed by atoms with Crippen LogP contribution in [0.4, 0.5) is 0 Å². The zero-order valence-electron chi connectivity index (χ0n) is 9.58. The van der Waals surface area contributed by atoms with Crippen molar-refractivity contribution >= 4 is 11.8 Å². The Morgan fingerprint density at radius 2 is 2.21 bits per heavy atom. The lowest BCUT2D eigenvalue weighted by atomic mass is 9.88. The first kappa shape index (κ1) is 12.3. The van der Waals surface area contributed by atoms with E-state index in [1.54, 1.807) is 0 Å². The van der Waals surface area contributed by atoms with E-state index < -0.39 is 0 Å². The summed E-state index contributed by atoms with van der Waals surface area (Å²) >= 11 is 2.03. The van der Waals surface area contributed by atoms with Gasteiger partial charge < -0.3 is 10.1 Å². The highest BCUT2D eigenvalue weighted by atomic mass is 32.2. The normalized spacial score (nSPS) is 28.5. The van der Waals surface area contributed by atoms with Crippen molar-refractivity contribution in [1.29, 1.82) is 0 Å². The van der Waals surface area contributed by atoms with Crippen LogP contribution in [0.1, 0.15) is 33.1 Å². The second-order valence-electron chi connectivity index (χ2n) is 4.08. The lowest BCUT2D eigenvalue weighted by Gasteiger charge is -2.36. The van der Waals surface area contributed by atoms with Gasteiger partial charge in [0.2, 0.25) is 0 Å². The molecule has 1 saturated carbocycles. The fraction of sp³-hybridized carbons (Fsp3) is 1.00. The average molecular weight is 217 g/mol. The van der Waals surface area contributed by atoms with Gasteiger partial charge in [0.25, 0.3) is 0 Å². The van der Waals surface area contributed by atoms with Gasteiger partial charge in [0.05, 0.1) is 6.10 Å². The third-order valence-corrected chi connectivity index (χ3v) is 3.78. The van der Waals surface area contributed by atoms with Gasteiger partial charge in [-0.2, -0.15) is 11.8 Å². The minimum Gasteiger partial charge on any atom is -0.381 e. The summed E-state index contributed by atoms with van der Waals surface area (Å²) in [4.78, 5) is 0. The molecule has 0 aromatic carbocycles. The topological polar surface area (TPSA) is 21.3 Å². The molecule has 1 rings (SSSR count). The number of hydrogen-bond acceptors (Lipinski definition) is 3. The molecule has 14 heavy (non-hydrogen) atoms. The minimum absolute atomic E-state index is 0.518. The van der Waals surface area contributed by atoms with E-state index in [9.17, 15) is 0 Å². The molecule has 1 N–H and O–H groups in total. The van der Waals surface area contributed by atoms with Crippen LogP contribution in [-0.2, 0) is 4.74 Å². The molecule has 0 amide bonds. The quantitative estimate of drug-likeness (QED) is 0.661. The van der Waals surface area contributed by atoms with Crippen LogP contribution in [0.5, 0.6) is 0 Å². The molecular formula is C11H23NOS. The summed E-state index contributed by atoms with van der Waals surface area (Å²) < 4.78 is 5.25. The van der Waals surface area contributed by atoms with Crippen LogP contribution in [0.25, 0.3) is 0 Å². The Bertz CT molecular complexity index is 148. The number of hydrogen-bond donors (Lipinski definition) is 1. The molecule has 1 unspecified atom stereocenters. The van der Waals surface area contributed by atoms with Crippen molar-refractivity contribution in [3.8, 4) is 0 Å². The van der Waals surface area contributed by atoms with Crippen molar-refractivity contribution in [1.82, 2.24) is 5.32 Å². The van der Waals surface area contributed by atoms with E-state index in [0.717, 1.165) is 0 Å². The van der Waals surface area contributed by atoms with Crippen molar-refractivity contribution < 1.29 is 4.74 Å². The molecule has 0 aromatic rings. The maximum absolute atomic E-state index is 5.25. The molecule has 0 radical (unpaired) electrons. The van der Waals surface area contributed by atoms with Gasteiger partial charge in [-0.3, -0.25) is 0 Å². The van der Waals surface area contributed by atoms with Crippen molar-refractivity contribution in [3.63, 3.8) is 0 Å². The predicted molar refractivity (Wildman–Crippen MR) is 64.0 cm³/mol. The van der Waals surface area contributed by atoms with Crippen LogP contribution >= 0.6 is 11.8 Å². The lowest BCUT2D eigenvalue weighted by molar-refractivity contribution is 0.0147. The minimum atomic E-state index is 0.518. The highest BCUT2D eigenvalue weighted by Crippen LogP contribution is 2.23. The number of ether oxygens (including phenoxy) is 1. The van der Waals surface area contributed by atoms with Crippen molar-refractivity contribution in [2.75, 3.05) is 18.6 Å². The van der Waals surface area contributed by atoms with Gasteiger partial charge in [-0.1, -0.05) is 6.92 Å². The Hall–Kier alpha value is 0.270. The molecule has 0 aromatic heterocycles. The van der Waals surface area contributed by atoms with Gasteiger partial charge >= 0.3 is 0 Å². The molecule has 0 spiro atoms. The third kappa shape index (κ3) is 4.20. The summed E-state index contributed by atoms with van der Waals surface area (Å²) in [7, 11) is 1.81. The van der Waals surface area contributed by atoms with E-state index in [-0.39, 0.29) is 0 Å². The molecular weight excluding hydrogens is 194 g/mol. The molecule has 1 fully saturated rings. The van der Waals surface area contributed by atoms with Gasteiger partial charge in [0.15, 0.2) is 0 Å². The van der Waals surface area contributed by atoms with Gasteiger partial charge in [-0.15, -0.1) is 0 Å². The number of thioether (sulfide) groups is 1. The number of rotatable bonds is 7. The monoisotopic (exact) mass is 217 g/mol.